The van der Waals surface area contributed by atoms with E-state index < -0.39 is 0 Å². The van der Waals surface area contributed by atoms with E-state index in [2.05, 4.69) is 45.0 Å². The predicted molar refractivity (Wildman–Crippen MR) is 117 cm³/mol. The lowest BCUT2D eigenvalue weighted by molar-refractivity contribution is 0.375. The molecule has 1 aliphatic rings. The zero-order valence-corrected chi connectivity index (χ0v) is 18.1. The molecule has 4 N–H and O–H groups in total. The summed E-state index contributed by atoms with van der Waals surface area (Å²) in [5.41, 5.74) is 4.52. The van der Waals surface area contributed by atoms with Crippen molar-refractivity contribution >= 4 is 17.6 Å². The topological polar surface area (TPSA) is 65.1 Å². The number of amidine groups is 1. The molecule has 1 fully saturated rings. The molecule has 2 rings (SSSR count). The van der Waals surface area contributed by atoms with Gasteiger partial charge in [-0.1, -0.05) is 71.2 Å². The lowest BCUT2D eigenvalue weighted by Crippen LogP contribution is -2.43. The van der Waals surface area contributed by atoms with Crippen molar-refractivity contribution in [1.29, 1.82) is 5.41 Å². The summed E-state index contributed by atoms with van der Waals surface area (Å²) in [6.07, 6.45) is 8.44. The Labute approximate surface area is 164 Å². The lowest BCUT2D eigenvalue weighted by Gasteiger charge is -2.25. The molecule has 0 aromatic heterocycles. The van der Waals surface area contributed by atoms with Crippen molar-refractivity contribution in [3.63, 3.8) is 0 Å². The van der Waals surface area contributed by atoms with Gasteiger partial charge in [0.15, 0.2) is 0 Å². The Kier molecular flexibility index (Phi) is 10.3. The van der Waals surface area contributed by atoms with Crippen LogP contribution in [0.25, 0.3) is 0 Å². The summed E-state index contributed by atoms with van der Waals surface area (Å²) in [7, 11) is 1.70. The molecule has 0 aliphatic heterocycles. The minimum absolute atomic E-state index is 0.357. The number of hydrogen-bond donors (Lipinski definition) is 3. The van der Waals surface area contributed by atoms with Crippen molar-refractivity contribution in [3.8, 4) is 0 Å². The van der Waals surface area contributed by atoms with Crippen LogP contribution >= 0.6 is 11.8 Å². The number of benzene rings is 1. The minimum Gasteiger partial charge on any atom is -0.283 e. The standard InChI is InChI=1S/C11H22S.C10H16N4/c1-11(2,3)12-9-10-7-5-4-6-8-10;1-3-8-4-6-9(7-5-8)10(11)14(2)13-12/h10H,4-9H2,1-3H3;4-7,11,13H,3,12H2,1-2H3. The number of thioether (sulfide) groups is 1. The second kappa shape index (κ2) is 11.6. The van der Waals surface area contributed by atoms with Crippen LogP contribution in [0.3, 0.4) is 0 Å². The van der Waals surface area contributed by atoms with Gasteiger partial charge in [-0.15, -0.1) is 0 Å². The Morgan fingerprint density at radius 1 is 1.19 bits per heavy atom. The molecule has 26 heavy (non-hydrogen) atoms. The number of nitrogens with two attached hydrogens (primary N) is 1. The van der Waals surface area contributed by atoms with Crippen molar-refractivity contribution in [1.82, 2.24) is 10.5 Å². The molecule has 0 atom stereocenters. The number of hydrazine groups is 2. The van der Waals surface area contributed by atoms with E-state index >= 15 is 0 Å². The quantitative estimate of drug-likeness (QED) is 0.292. The molecule has 0 amide bonds. The second-order valence-electron chi connectivity index (χ2n) is 8.01. The van der Waals surface area contributed by atoms with Crippen LogP contribution in [0.4, 0.5) is 0 Å². The Bertz CT molecular complexity index is 516. The first kappa shape index (κ1) is 23.0. The van der Waals surface area contributed by atoms with Crippen molar-refractivity contribution in [2.45, 2.75) is 71.0 Å². The van der Waals surface area contributed by atoms with Gasteiger partial charge in [0.05, 0.1) is 0 Å². The molecule has 0 heterocycles. The molecular weight excluding hydrogens is 340 g/mol. The molecule has 0 bridgehead atoms. The monoisotopic (exact) mass is 378 g/mol. The van der Waals surface area contributed by atoms with Crippen LogP contribution < -0.4 is 11.4 Å². The van der Waals surface area contributed by atoms with Crippen LogP contribution in [-0.4, -0.2) is 28.4 Å². The summed E-state index contributed by atoms with van der Waals surface area (Å²) in [6, 6.07) is 7.90. The van der Waals surface area contributed by atoms with Gasteiger partial charge in [-0.3, -0.25) is 16.3 Å². The third-order valence-corrected chi connectivity index (χ3v) is 6.15. The first-order valence-corrected chi connectivity index (χ1v) is 10.8. The van der Waals surface area contributed by atoms with E-state index in [0.29, 0.717) is 10.6 Å². The number of rotatable bonds is 5. The molecule has 0 unspecified atom stereocenters. The third-order valence-electron chi connectivity index (χ3n) is 4.64. The van der Waals surface area contributed by atoms with Crippen molar-refractivity contribution in [2.75, 3.05) is 12.8 Å². The maximum Gasteiger partial charge on any atom is 0.143 e. The van der Waals surface area contributed by atoms with Gasteiger partial charge in [0.1, 0.15) is 5.84 Å². The number of aryl methyl sites for hydroxylation is 1. The van der Waals surface area contributed by atoms with Crippen LogP contribution in [0.2, 0.25) is 0 Å². The largest absolute Gasteiger partial charge is 0.283 e. The zero-order chi connectivity index (χ0) is 19.6. The Balaban J connectivity index is 0.000000263. The molecule has 1 aromatic carbocycles. The lowest BCUT2D eigenvalue weighted by atomic mass is 9.91. The van der Waals surface area contributed by atoms with Crippen LogP contribution in [0.5, 0.6) is 0 Å². The highest BCUT2D eigenvalue weighted by Crippen LogP contribution is 2.31. The number of nitrogens with zero attached hydrogens (tertiary/aromatic N) is 1. The Morgan fingerprint density at radius 3 is 2.23 bits per heavy atom. The first-order valence-electron chi connectivity index (χ1n) is 9.78. The zero-order valence-electron chi connectivity index (χ0n) is 17.3. The number of nitrogens with one attached hydrogen (secondary N) is 2. The maximum atomic E-state index is 7.75. The van der Waals surface area contributed by atoms with E-state index in [0.717, 1.165) is 17.9 Å². The molecule has 148 valence electrons. The van der Waals surface area contributed by atoms with E-state index in [4.69, 9.17) is 11.3 Å². The van der Waals surface area contributed by atoms with Gasteiger partial charge >= 0.3 is 0 Å². The molecule has 1 aromatic rings. The highest BCUT2D eigenvalue weighted by Gasteiger charge is 2.17. The highest BCUT2D eigenvalue weighted by molar-refractivity contribution is 8.00. The van der Waals surface area contributed by atoms with Gasteiger partial charge in [0, 0.05) is 17.4 Å². The van der Waals surface area contributed by atoms with Gasteiger partial charge in [-0.05, 0) is 36.5 Å². The molecule has 1 aliphatic carbocycles. The number of hydrogen-bond acceptors (Lipinski definition) is 4. The fourth-order valence-corrected chi connectivity index (χ4v) is 3.95. The molecule has 5 heteroatoms. The second-order valence-corrected chi connectivity index (χ2v) is 9.86. The highest BCUT2D eigenvalue weighted by atomic mass is 32.2. The molecule has 4 nitrogen and oxygen atoms in total. The molecule has 1 saturated carbocycles. The summed E-state index contributed by atoms with van der Waals surface area (Å²) in [5.74, 6) is 7.98. The Hall–Kier alpha value is -1.04. The molecule has 0 radical (unpaired) electrons. The minimum atomic E-state index is 0.357. The van der Waals surface area contributed by atoms with Crippen molar-refractivity contribution in [3.05, 3.63) is 35.4 Å². The van der Waals surface area contributed by atoms with Crippen molar-refractivity contribution < 1.29 is 0 Å². The van der Waals surface area contributed by atoms with Gasteiger partial charge in [0.2, 0.25) is 0 Å². The van der Waals surface area contributed by atoms with Crippen LogP contribution in [0, 0.1) is 11.3 Å². The van der Waals surface area contributed by atoms with E-state index in [9.17, 15) is 0 Å². The predicted octanol–water partition coefficient (Wildman–Crippen LogP) is 4.98. The van der Waals surface area contributed by atoms with Crippen LogP contribution in [-0.2, 0) is 6.42 Å². The van der Waals surface area contributed by atoms with Gasteiger partial charge in [0.25, 0.3) is 0 Å². The summed E-state index contributed by atoms with van der Waals surface area (Å²) in [4.78, 5) is 0. The normalized spacial score (nSPS) is 15.2. The van der Waals surface area contributed by atoms with Gasteiger partial charge in [-0.2, -0.15) is 17.3 Å². The van der Waals surface area contributed by atoms with E-state index in [1.165, 1.54) is 48.4 Å². The first-order chi connectivity index (χ1) is 12.3. The summed E-state index contributed by atoms with van der Waals surface area (Å²) >= 11 is 2.14. The fraction of sp³-hybridized carbons (Fsp3) is 0.667. The van der Waals surface area contributed by atoms with Gasteiger partial charge in [-0.25, -0.2) is 0 Å². The third kappa shape index (κ3) is 9.06. The molecular formula is C21H38N4S. The van der Waals surface area contributed by atoms with Crippen molar-refractivity contribution in [2.24, 2.45) is 11.8 Å². The molecule has 0 saturated heterocycles. The average Bonchev–Trinajstić information content (AvgIpc) is 2.66. The van der Waals surface area contributed by atoms with Crippen LogP contribution in [0.1, 0.15) is 70.9 Å². The molecule has 0 spiro atoms. The maximum absolute atomic E-state index is 7.75. The van der Waals surface area contributed by atoms with E-state index in [-0.39, 0.29) is 0 Å². The fourth-order valence-electron chi connectivity index (χ4n) is 2.88. The summed E-state index contributed by atoms with van der Waals surface area (Å²) in [6.45, 7) is 9.06. The summed E-state index contributed by atoms with van der Waals surface area (Å²) in [5, 5.41) is 9.21. The van der Waals surface area contributed by atoms with Crippen LogP contribution in [0.15, 0.2) is 24.3 Å². The average molecular weight is 379 g/mol. The summed E-state index contributed by atoms with van der Waals surface area (Å²) < 4.78 is 0.470. The van der Waals surface area contributed by atoms with Gasteiger partial charge < -0.3 is 0 Å². The SMILES string of the molecule is CC(C)(C)SCC1CCCCC1.CCc1ccc(C(=N)N(C)NN)cc1. The Morgan fingerprint density at radius 2 is 1.77 bits per heavy atom. The van der Waals surface area contributed by atoms with E-state index in [1.807, 2.05) is 24.3 Å². The smallest absolute Gasteiger partial charge is 0.143 e. The van der Waals surface area contributed by atoms with E-state index in [1.54, 1.807) is 7.05 Å².